The Hall–Kier alpha value is -2.89. The molecule has 0 aliphatic rings. The van der Waals surface area contributed by atoms with E-state index in [0.29, 0.717) is 0 Å². The summed E-state index contributed by atoms with van der Waals surface area (Å²) in [6.07, 6.45) is 0. The number of anilines is 1. The van der Waals surface area contributed by atoms with Crippen molar-refractivity contribution in [1.82, 2.24) is 0 Å². The molecule has 0 saturated carbocycles. The normalized spacial score (nSPS) is 8.75. The van der Waals surface area contributed by atoms with E-state index in [-0.39, 0.29) is 4.47 Å². The van der Waals surface area contributed by atoms with Crippen molar-refractivity contribution in [2.24, 2.45) is 0 Å². The summed E-state index contributed by atoms with van der Waals surface area (Å²) >= 11 is 2.95. The van der Waals surface area contributed by atoms with E-state index >= 15 is 0 Å². The van der Waals surface area contributed by atoms with Gasteiger partial charge in [0, 0.05) is 4.47 Å². The largest absolute Gasteiger partial charge is 0.478 e. The second kappa shape index (κ2) is 6.33. The van der Waals surface area contributed by atoms with Gasteiger partial charge in [-0.1, -0.05) is 0 Å². The Labute approximate surface area is 121 Å². The molecule has 0 unspecified atom stereocenters. The van der Waals surface area contributed by atoms with Gasteiger partial charge < -0.3 is 10.4 Å². The van der Waals surface area contributed by atoms with E-state index < -0.39 is 34.3 Å². The zero-order valence-electron chi connectivity index (χ0n) is 9.61. The summed E-state index contributed by atoms with van der Waals surface area (Å²) in [5.41, 5.74) is -2.07. The molecular formula is C12H4BrFN4O2. The molecule has 20 heavy (non-hydrogen) atoms. The molecule has 2 N–H and O–H groups in total. The predicted octanol–water partition coefficient (Wildman–Crippen LogP) is 2.52. The Balaban J connectivity index is 3.52. The molecule has 0 heterocycles. The van der Waals surface area contributed by atoms with Gasteiger partial charge in [0.2, 0.25) is 0 Å². The number of carboxylic acid groups (broad SMARTS) is 1. The van der Waals surface area contributed by atoms with Crippen molar-refractivity contribution >= 4 is 27.6 Å². The fourth-order valence-electron chi connectivity index (χ4n) is 1.29. The van der Waals surface area contributed by atoms with E-state index in [2.05, 4.69) is 21.2 Å². The number of aromatic carboxylic acids is 1. The van der Waals surface area contributed by atoms with E-state index in [4.69, 9.17) is 20.9 Å². The highest BCUT2D eigenvalue weighted by Crippen LogP contribution is 2.29. The summed E-state index contributed by atoms with van der Waals surface area (Å²) in [7, 11) is 0. The maximum atomic E-state index is 13.7. The van der Waals surface area contributed by atoms with Gasteiger partial charge in [0.15, 0.2) is 5.57 Å². The first kappa shape index (κ1) is 15.2. The van der Waals surface area contributed by atoms with Crippen LogP contribution < -0.4 is 5.32 Å². The lowest BCUT2D eigenvalue weighted by molar-refractivity contribution is 0.0696. The standard InChI is InChI=1S/C12H4BrFN4O2/c13-7-1-2-8(14)11(10(7)12(19)20)18-9(5-17)6(3-15)4-16/h1-2,18H,(H,19,20). The van der Waals surface area contributed by atoms with Crippen molar-refractivity contribution in [3.63, 3.8) is 0 Å². The highest BCUT2D eigenvalue weighted by Gasteiger charge is 2.20. The Kier molecular flexibility index (Phi) is 4.80. The first-order valence-corrected chi connectivity index (χ1v) is 5.68. The van der Waals surface area contributed by atoms with E-state index in [1.54, 1.807) is 0 Å². The second-order valence-corrected chi connectivity index (χ2v) is 4.15. The summed E-state index contributed by atoms with van der Waals surface area (Å²) in [6, 6.07) is 6.60. The third kappa shape index (κ3) is 2.92. The number of allylic oxidation sites excluding steroid dienone is 2. The quantitative estimate of drug-likeness (QED) is 0.819. The molecule has 0 bridgehead atoms. The van der Waals surface area contributed by atoms with Gasteiger partial charge >= 0.3 is 5.97 Å². The Bertz CT molecular complexity index is 722. The minimum Gasteiger partial charge on any atom is -0.478 e. The van der Waals surface area contributed by atoms with Gasteiger partial charge in [-0.25, -0.2) is 9.18 Å². The van der Waals surface area contributed by atoms with Crippen LogP contribution in [0.5, 0.6) is 0 Å². The van der Waals surface area contributed by atoms with Crippen LogP contribution >= 0.6 is 15.9 Å². The van der Waals surface area contributed by atoms with Crippen LogP contribution in [-0.4, -0.2) is 11.1 Å². The molecule has 0 aliphatic heterocycles. The van der Waals surface area contributed by atoms with Crippen LogP contribution in [-0.2, 0) is 0 Å². The number of benzene rings is 1. The van der Waals surface area contributed by atoms with E-state index in [9.17, 15) is 9.18 Å². The number of carboxylic acids is 1. The monoisotopic (exact) mass is 334 g/mol. The molecule has 0 saturated heterocycles. The minimum absolute atomic E-state index is 0.0849. The van der Waals surface area contributed by atoms with Crippen LogP contribution in [0.4, 0.5) is 10.1 Å². The van der Waals surface area contributed by atoms with Crippen molar-refractivity contribution in [3.8, 4) is 18.2 Å². The molecule has 6 nitrogen and oxygen atoms in total. The fraction of sp³-hybridized carbons (Fsp3) is 0. The fourth-order valence-corrected chi connectivity index (χ4v) is 1.79. The van der Waals surface area contributed by atoms with Crippen LogP contribution in [0.1, 0.15) is 10.4 Å². The number of nitriles is 3. The van der Waals surface area contributed by atoms with Crippen LogP contribution in [0.25, 0.3) is 0 Å². The first-order valence-electron chi connectivity index (χ1n) is 4.89. The number of rotatable bonds is 3. The van der Waals surface area contributed by atoms with E-state index in [1.165, 1.54) is 24.3 Å². The molecule has 0 spiro atoms. The molecular weight excluding hydrogens is 331 g/mol. The highest BCUT2D eigenvalue weighted by molar-refractivity contribution is 9.10. The van der Waals surface area contributed by atoms with Gasteiger partial charge in [-0.2, -0.15) is 15.8 Å². The first-order chi connectivity index (χ1) is 9.46. The van der Waals surface area contributed by atoms with Gasteiger partial charge in [0.1, 0.15) is 35.3 Å². The van der Waals surface area contributed by atoms with Crippen molar-refractivity contribution in [2.45, 2.75) is 0 Å². The lowest BCUT2D eigenvalue weighted by Gasteiger charge is -2.11. The number of halogens is 2. The van der Waals surface area contributed by atoms with E-state index in [0.717, 1.165) is 6.07 Å². The third-order valence-electron chi connectivity index (χ3n) is 2.15. The number of hydrogen-bond donors (Lipinski definition) is 2. The zero-order chi connectivity index (χ0) is 15.3. The smallest absolute Gasteiger partial charge is 0.339 e. The average molecular weight is 335 g/mol. The summed E-state index contributed by atoms with van der Waals surface area (Å²) in [4.78, 5) is 11.1. The van der Waals surface area contributed by atoms with Gasteiger partial charge in [-0.15, -0.1) is 0 Å². The topological polar surface area (TPSA) is 121 Å². The summed E-state index contributed by atoms with van der Waals surface area (Å²) < 4.78 is 13.8. The van der Waals surface area contributed by atoms with Crippen molar-refractivity contribution < 1.29 is 14.3 Å². The summed E-state index contributed by atoms with van der Waals surface area (Å²) in [5.74, 6) is -2.37. The molecule has 8 heteroatoms. The van der Waals surface area contributed by atoms with Crippen molar-refractivity contribution in [1.29, 1.82) is 15.8 Å². The zero-order valence-corrected chi connectivity index (χ0v) is 11.2. The molecule has 98 valence electrons. The Morgan fingerprint density at radius 3 is 2.30 bits per heavy atom. The minimum atomic E-state index is -1.44. The molecule has 1 aromatic carbocycles. The van der Waals surface area contributed by atoms with Crippen molar-refractivity contribution in [3.05, 3.63) is 39.3 Å². The maximum absolute atomic E-state index is 13.7. The number of nitrogens with zero attached hydrogens (tertiary/aromatic N) is 3. The maximum Gasteiger partial charge on any atom is 0.339 e. The van der Waals surface area contributed by atoms with Crippen LogP contribution in [0, 0.1) is 39.8 Å². The number of hydrogen-bond acceptors (Lipinski definition) is 5. The third-order valence-corrected chi connectivity index (χ3v) is 2.81. The summed E-state index contributed by atoms with van der Waals surface area (Å²) in [5, 5.41) is 37.4. The molecule has 1 aromatic rings. The van der Waals surface area contributed by atoms with Gasteiger partial charge in [-0.3, -0.25) is 0 Å². The Morgan fingerprint density at radius 1 is 1.25 bits per heavy atom. The highest BCUT2D eigenvalue weighted by atomic mass is 79.9. The molecule has 0 fully saturated rings. The average Bonchev–Trinajstić information content (AvgIpc) is 2.42. The van der Waals surface area contributed by atoms with Gasteiger partial charge in [-0.05, 0) is 28.1 Å². The number of carbonyl (C=O) groups is 1. The molecule has 0 atom stereocenters. The molecule has 0 amide bonds. The second-order valence-electron chi connectivity index (χ2n) is 3.29. The summed E-state index contributed by atoms with van der Waals surface area (Å²) in [6.45, 7) is 0. The predicted molar refractivity (Wildman–Crippen MR) is 68.5 cm³/mol. The SMILES string of the molecule is N#CC(C#N)=C(C#N)Nc1c(F)ccc(Br)c1C(=O)O. The lowest BCUT2D eigenvalue weighted by Crippen LogP contribution is -2.10. The van der Waals surface area contributed by atoms with Gasteiger partial charge in [0.25, 0.3) is 0 Å². The van der Waals surface area contributed by atoms with E-state index in [1.807, 2.05) is 0 Å². The van der Waals surface area contributed by atoms with Gasteiger partial charge in [0.05, 0.1) is 5.69 Å². The van der Waals surface area contributed by atoms with Crippen LogP contribution in [0.3, 0.4) is 0 Å². The molecule has 0 radical (unpaired) electrons. The Morgan fingerprint density at radius 2 is 1.85 bits per heavy atom. The molecule has 0 aliphatic carbocycles. The molecule has 0 aromatic heterocycles. The molecule has 1 rings (SSSR count). The lowest BCUT2D eigenvalue weighted by atomic mass is 10.1. The number of nitrogens with one attached hydrogen (secondary N) is 1. The van der Waals surface area contributed by atoms with Crippen molar-refractivity contribution in [2.75, 3.05) is 5.32 Å². The van der Waals surface area contributed by atoms with Crippen LogP contribution in [0.15, 0.2) is 27.9 Å². The van der Waals surface area contributed by atoms with Crippen LogP contribution in [0.2, 0.25) is 0 Å².